The molecule has 2 aromatic rings. The number of aryl methyl sites for hydroxylation is 1. The Kier molecular flexibility index (Phi) is 4.15. The first-order valence-electron chi connectivity index (χ1n) is 5.87. The first-order chi connectivity index (χ1) is 9.15. The highest BCUT2D eigenvalue weighted by molar-refractivity contribution is 5.34. The Hall–Kier alpha value is -2.34. The second kappa shape index (κ2) is 6.01. The summed E-state index contributed by atoms with van der Waals surface area (Å²) in [6.45, 7) is 3.01. The van der Waals surface area contributed by atoms with E-state index in [0.717, 1.165) is 17.0 Å². The summed E-state index contributed by atoms with van der Waals surface area (Å²) in [5, 5.41) is 13.8. The SMILES string of the molecule is Cc1cnc(CNCc2cccc([N+](=O)[O-])c2)cn1. The Bertz CT molecular complexity index is 569. The van der Waals surface area contributed by atoms with E-state index in [1.807, 2.05) is 13.0 Å². The van der Waals surface area contributed by atoms with Crippen LogP contribution in [0.3, 0.4) is 0 Å². The summed E-state index contributed by atoms with van der Waals surface area (Å²) in [6, 6.07) is 6.57. The lowest BCUT2D eigenvalue weighted by atomic mass is 10.2. The van der Waals surface area contributed by atoms with Crippen LogP contribution in [0, 0.1) is 17.0 Å². The first-order valence-corrected chi connectivity index (χ1v) is 5.87. The zero-order valence-electron chi connectivity index (χ0n) is 10.5. The largest absolute Gasteiger partial charge is 0.307 e. The number of non-ortho nitro benzene ring substituents is 1. The molecule has 0 saturated carbocycles. The molecule has 0 atom stereocenters. The van der Waals surface area contributed by atoms with E-state index in [1.54, 1.807) is 24.5 Å². The minimum Gasteiger partial charge on any atom is -0.307 e. The van der Waals surface area contributed by atoms with Gasteiger partial charge in [0.2, 0.25) is 0 Å². The van der Waals surface area contributed by atoms with Crippen LogP contribution in [-0.4, -0.2) is 14.9 Å². The lowest BCUT2D eigenvalue weighted by Crippen LogP contribution is -2.14. The Morgan fingerprint density at radius 1 is 1.26 bits per heavy atom. The van der Waals surface area contributed by atoms with Gasteiger partial charge < -0.3 is 5.32 Å². The van der Waals surface area contributed by atoms with E-state index in [-0.39, 0.29) is 5.69 Å². The van der Waals surface area contributed by atoms with Gasteiger partial charge in [-0.25, -0.2) is 0 Å². The van der Waals surface area contributed by atoms with Crippen molar-refractivity contribution in [3.05, 3.63) is 63.7 Å². The van der Waals surface area contributed by atoms with E-state index in [9.17, 15) is 10.1 Å². The number of hydrogen-bond acceptors (Lipinski definition) is 5. The third-order valence-corrected chi connectivity index (χ3v) is 2.59. The van der Waals surface area contributed by atoms with Gasteiger partial charge >= 0.3 is 0 Å². The lowest BCUT2D eigenvalue weighted by molar-refractivity contribution is -0.384. The molecule has 0 spiro atoms. The van der Waals surface area contributed by atoms with Crippen molar-refractivity contribution in [2.24, 2.45) is 0 Å². The average molecular weight is 258 g/mol. The summed E-state index contributed by atoms with van der Waals surface area (Å²) in [7, 11) is 0. The Morgan fingerprint density at radius 3 is 2.79 bits per heavy atom. The minimum absolute atomic E-state index is 0.106. The number of hydrogen-bond donors (Lipinski definition) is 1. The highest BCUT2D eigenvalue weighted by Gasteiger charge is 2.05. The van der Waals surface area contributed by atoms with Crippen molar-refractivity contribution in [2.45, 2.75) is 20.0 Å². The maximum absolute atomic E-state index is 10.6. The summed E-state index contributed by atoms with van der Waals surface area (Å²) in [4.78, 5) is 18.6. The van der Waals surface area contributed by atoms with Gasteiger partial charge in [-0.3, -0.25) is 20.1 Å². The molecule has 0 aliphatic heterocycles. The quantitative estimate of drug-likeness (QED) is 0.655. The average Bonchev–Trinajstić information content (AvgIpc) is 2.41. The van der Waals surface area contributed by atoms with Crippen LogP contribution in [0.15, 0.2) is 36.7 Å². The predicted octanol–water partition coefficient (Wildman–Crippen LogP) is 1.98. The summed E-state index contributed by atoms with van der Waals surface area (Å²) in [5.41, 5.74) is 2.70. The lowest BCUT2D eigenvalue weighted by Gasteiger charge is -2.04. The monoisotopic (exact) mass is 258 g/mol. The molecule has 2 rings (SSSR count). The number of nitro benzene ring substituents is 1. The third kappa shape index (κ3) is 3.82. The maximum Gasteiger partial charge on any atom is 0.269 e. The molecule has 0 aliphatic carbocycles. The molecule has 19 heavy (non-hydrogen) atoms. The second-order valence-electron chi connectivity index (χ2n) is 4.18. The molecule has 0 bridgehead atoms. The molecule has 0 amide bonds. The minimum atomic E-state index is -0.394. The van der Waals surface area contributed by atoms with Crippen molar-refractivity contribution >= 4 is 5.69 Å². The van der Waals surface area contributed by atoms with Crippen LogP contribution in [0.1, 0.15) is 17.0 Å². The van der Waals surface area contributed by atoms with Gasteiger partial charge in [0.25, 0.3) is 5.69 Å². The Labute approximate surface area is 110 Å². The number of rotatable bonds is 5. The molecule has 0 radical (unpaired) electrons. The molecule has 0 saturated heterocycles. The zero-order chi connectivity index (χ0) is 13.7. The van der Waals surface area contributed by atoms with Gasteiger partial charge in [0.1, 0.15) is 0 Å². The molecule has 0 unspecified atom stereocenters. The number of nitrogens with one attached hydrogen (secondary N) is 1. The molecule has 1 N–H and O–H groups in total. The van der Waals surface area contributed by atoms with Gasteiger partial charge in [-0.2, -0.15) is 0 Å². The van der Waals surface area contributed by atoms with E-state index in [0.29, 0.717) is 13.1 Å². The fourth-order valence-electron chi connectivity index (χ4n) is 1.63. The van der Waals surface area contributed by atoms with Crippen LogP contribution < -0.4 is 5.32 Å². The second-order valence-corrected chi connectivity index (χ2v) is 4.18. The van der Waals surface area contributed by atoms with E-state index < -0.39 is 4.92 Å². The Morgan fingerprint density at radius 2 is 2.11 bits per heavy atom. The number of nitro groups is 1. The standard InChI is InChI=1S/C13H14N4O2/c1-10-6-16-12(9-15-10)8-14-7-11-3-2-4-13(5-11)17(18)19/h2-6,9,14H,7-8H2,1H3. The van der Waals surface area contributed by atoms with Gasteiger partial charge in [-0.15, -0.1) is 0 Å². The topological polar surface area (TPSA) is 81.0 Å². The van der Waals surface area contributed by atoms with Crippen LogP contribution in [0.2, 0.25) is 0 Å². The van der Waals surface area contributed by atoms with Crippen LogP contribution in [0.25, 0.3) is 0 Å². The van der Waals surface area contributed by atoms with E-state index in [4.69, 9.17) is 0 Å². The van der Waals surface area contributed by atoms with E-state index in [1.165, 1.54) is 6.07 Å². The van der Waals surface area contributed by atoms with Gasteiger partial charge in [0.05, 0.1) is 16.3 Å². The fraction of sp³-hybridized carbons (Fsp3) is 0.231. The summed E-state index contributed by atoms with van der Waals surface area (Å²) >= 11 is 0. The molecular weight excluding hydrogens is 244 g/mol. The highest BCUT2D eigenvalue weighted by Crippen LogP contribution is 2.12. The molecule has 1 heterocycles. The molecule has 6 nitrogen and oxygen atoms in total. The molecule has 6 heteroatoms. The van der Waals surface area contributed by atoms with Gasteiger partial charge in [0.15, 0.2) is 0 Å². The van der Waals surface area contributed by atoms with Gasteiger partial charge in [-0.1, -0.05) is 12.1 Å². The van der Waals surface area contributed by atoms with E-state index >= 15 is 0 Å². The Balaban J connectivity index is 1.90. The van der Waals surface area contributed by atoms with Crippen LogP contribution in [-0.2, 0) is 13.1 Å². The molecule has 0 aliphatic rings. The molecular formula is C13H14N4O2. The van der Waals surface area contributed by atoms with Crippen LogP contribution in [0.4, 0.5) is 5.69 Å². The molecule has 0 fully saturated rings. The van der Waals surface area contributed by atoms with Crippen molar-refractivity contribution in [1.29, 1.82) is 0 Å². The summed E-state index contributed by atoms with van der Waals surface area (Å²) in [6.07, 6.45) is 3.43. The van der Waals surface area contributed by atoms with Crippen molar-refractivity contribution in [1.82, 2.24) is 15.3 Å². The number of benzene rings is 1. The third-order valence-electron chi connectivity index (χ3n) is 2.59. The van der Waals surface area contributed by atoms with Crippen molar-refractivity contribution in [3.63, 3.8) is 0 Å². The highest BCUT2D eigenvalue weighted by atomic mass is 16.6. The molecule has 98 valence electrons. The fourth-order valence-corrected chi connectivity index (χ4v) is 1.63. The van der Waals surface area contributed by atoms with Crippen LogP contribution >= 0.6 is 0 Å². The smallest absolute Gasteiger partial charge is 0.269 e. The number of nitrogens with zero attached hydrogens (tertiary/aromatic N) is 3. The normalized spacial score (nSPS) is 10.4. The number of aromatic nitrogens is 2. The van der Waals surface area contributed by atoms with Crippen molar-refractivity contribution in [3.8, 4) is 0 Å². The zero-order valence-corrected chi connectivity index (χ0v) is 10.5. The van der Waals surface area contributed by atoms with Gasteiger partial charge in [0, 0.05) is 37.6 Å². The maximum atomic E-state index is 10.6. The van der Waals surface area contributed by atoms with E-state index in [2.05, 4.69) is 15.3 Å². The van der Waals surface area contributed by atoms with Crippen molar-refractivity contribution in [2.75, 3.05) is 0 Å². The predicted molar refractivity (Wildman–Crippen MR) is 70.4 cm³/mol. The summed E-state index contributed by atoms with van der Waals surface area (Å²) < 4.78 is 0. The summed E-state index contributed by atoms with van der Waals surface area (Å²) in [5.74, 6) is 0. The van der Waals surface area contributed by atoms with Gasteiger partial charge in [-0.05, 0) is 12.5 Å². The van der Waals surface area contributed by atoms with Crippen molar-refractivity contribution < 1.29 is 4.92 Å². The molecule has 1 aromatic heterocycles. The first kappa shape index (κ1) is 13.1. The molecule has 1 aromatic carbocycles. The van der Waals surface area contributed by atoms with Crippen LogP contribution in [0.5, 0.6) is 0 Å².